The molecule has 0 aliphatic rings. The number of likely N-dealkylation sites (N-methyl/N-ethyl adjacent to an activating group) is 1. The van der Waals surface area contributed by atoms with Crippen LogP contribution in [0.2, 0.25) is 0 Å². The fourth-order valence-corrected chi connectivity index (χ4v) is 3.03. The Morgan fingerprint density at radius 1 is 1.11 bits per heavy atom. The van der Waals surface area contributed by atoms with E-state index in [1.54, 1.807) is 36.4 Å². The second kappa shape index (κ2) is 10.2. The Kier molecular flexibility index (Phi) is 7.94. The number of nitrogens with one attached hydrogen (secondary N) is 1. The molecule has 1 heterocycles. The van der Waals surface area contributed by atoms with Gasteiger partial charge >= 0.3 is 0 Å². The topological polar surface area (TPSA) is 71.4 Å². The van der Waals surface area contributed by atoms with Gasteiger partial charge in [-0.15, -0.1) is 0 Å². The Labute approximate surface area is 167 Å². The summed E-state index contributed by atoms with van der Waals surface area (Å²) in [4.78, 5) is 40.2. The van der Waals surface area contributed by atoms with E-state index in [1.807, 2.05) is 0 Å². The zero-order chi connectivity index (χ0) is 19.8. The molecule has 6 nitrogen and oxygen atoms in total. The van der Waals surface area contributed by atoms with Crippen molar-refractivity contribution in [3.05, 3.63) is 69.1 Å². The molecule has 0 saturated heterocycles. The van der Waals surface area contributed by atoms with E-state index in [-0.39, 0.29) is 0 Å². The molecular formula is C20H24BrN3O3. The molecular weight excluding hydrogens is 410 g/mol. The van der Waals surface area contributed by atoms with Crippen LogP contribution < -0.4 is 10.9 Å². The molecule has 7 heteroatoms. The van der Waals surface area contributed by atoms with Gasteiger partial charge in [-0.3, -0.25) is 19.0 Å². The van der Waals surface area contributed by atoms with Gasteiger partial charge in [0.05, 0.1) is 0 Å². The summed E-state index contributed by atoms with van der Waals surface area (Å²) < 4.78 is 2.01. The van der Waals surface area contributed by atoms with Gasteiger partial charge in [-0.25, -0.2) is 0 Å². The van der Waals surface area contributed by atoms with Crippen LogP contribution in [-0.2, 0) is 4.79 Å². The summed E-state index contributed by atoms with van der Waals surface area (Å²) >= 11 is 3.33. The van der Waals surface area contributed by atoms with E-state index in [1.165, 1.54) is 16.8 Å². The monoisotopic (exact) mass is 433 g/mol. The minimum absolute atomic E-state index is 0.373. The van der Waals surface area contributed by atoms with Crippen LogP contribution >= 0.6 is 15.9 Å². The molecule has 0 saturated carbocycles. The number of nitrogens with zero attached hydrogens (tertiary/aromatic N) is 2. The number of ketones is 1. The summed E-state index contributed by atoms with van der Waals surface area (Å²) in [5, 5.41) is 2.80. The maximum Gasteiger partial charge on any atom is 0.251 e. The first-order valence-electron chi connectivity index (χ1n) is 8.95. The van der Waals surface area contributed by atoms with E-state index in [9.17, 15) is 14.4 Å². The standard InChI is InChI=1S/C20H24BrN3O3/c1-3-23(4-2)14-12-22-20(27)18(24-13-6-5-7-17(24)25)19(26)15-8-10-16(21)11-9-15/h5-11,13,18H,3-4,12,14H2,1-2H3,(H,22,27). The average molecular weight is 434 g/mol. The van der Waals surface area contributed by atoms with Crippen LogP contribution in [0.1, 0.15) is 30.2 Å². The van der Waals surface area contributed by atoms with E-state index in [0.29, 0.717) is 18.7 Å². The van der Waals surface area contributed by atoms with Gasteiger partial charge in [0.2, 0.25) is 0 Å². The van der Waals surface area contributed by atoms with Crippen LogP contribution in [0, 0.1) is 0 Å². The van der Waals surface area contributed by atoms with Gasteiger partial charge in [-0.1, -0.05) is 48.0 Å². The summed E-state index contributed by atoms with van der Waals surface area (Å²) in [6.45, 7) is 6.95. The van der Waals surface area contributed by atoms with E-state index in [2.05, 4.69) is 40.0 Å². The zero-order valence-electron chi connectivity index (χ0n) is 15.5. The van der Waals surface area contributed by atoms with Crippen molar-refractivity contribution in [1.82, 2.24) is 14.8 Å². The smallest absolute Gasteiger partial charge is 0.251 e. The Morgan fingerprint density at radius 2 is 1.78 bits per heavy atom. The maximum absolute atomic E-state index is 13.0. The molecule has 1 unspecified atom stereocenters. The Hall–Kier alpha value is -2.25. The molecule has 1 aromatic heterocycles. The number of carbonyl (C=O) groups excluding carboxylic acids is 2. The lowest BCUT2D eigenvalue weighted by molar-refractivity contribution is -0.123. The van der Waals surface area contributed by atoms with Crippen LogP contribution in [-0.4, -0.2) is 47.3 Å². The van der Waals surface area contributed by atoms with Gasteiger partial charge in [0.25, 0.3) is 11.5 Å². The van der Waals surface area contributed by atoms with Crippen LogP contribution in [0.4, 0.5) is 0 Å². The summed E-state index contributed by atoms with van der Waals surface area (Å²) in [6, 6.07) is 10.0. The molecule has 0 radical (unpaired) electrons. The molecule has 1 aromatic carbocycles. The molecule has 0 fully saturated rings. The summed E-state index contributed by atoms with van der Waals surface area (Å²) in [5.41, 5.74) is -0.0234. The SMILES string of the molecule is CCN(CC)CCNC(=O)C(C(=O)c1ccc(Br)cc1)n1ccccc1=O. The van der Waals surface area contributed by atoms with Crippen molar-refractivity contribution in [1.29, 1.82) is 0 Å². The van der Waals surface area contributed by atoms with E-state index < -0.39 is 23.3 Å². The molecule has 0 aliphatic heterocycles. The largest absolute Gasteiger partial charge is 0.353 e. The van der Waals surface area contributed by atoms with E-state index >= 15 is 0 Å². The highest BCUT2D eigenvalue weighted by Gasteiger charge is 2.29. The molecule has 27 heavy (non-hydrogen) atoms. The number of carbonyl (C=O) groups is 2. The Balaban J connectivity index is 2.26. The van der Waals surface area contributed by atoms with Crippen molar-refractivity contribution in [2.75, 3.05) is 26.2 Å². The Morgan fingerprint density at radius 3 is 2.37 bits per heavy atom. The van der Waals surface area contributed by atoms with Gasteiger partial charge in [-0.05, 0) is 31.3 Å². The van der Waals surface area contributed by atoms with Crippen molar-refractivity contribution in [3.63, 3.8) is 0 Å². The van der Waals surface area contributed by atoms with Gasteiger partial charge < -0.3 is 10.2 Å². The average Bonchev–Trinajstić information content (AvgIpc) is 2.67. The predicted molar refractivity (Wildman–Crippen MR) is 109 cm³/mol. The van der Waals surface area contributed by atoms with E-state index in [4.69, 9.17) is 0 Å². The van der Waals surface area contributed by atoms with Crippen molar-refractivity contribution < 1.29 is 9.59 Å². The fourth-order valence-electron chi connectivity index (χ4n) is 2.77. The van der Waals surface area contributed by atoms with Crippen LogP contribution in [0.5, 0.6) is 0 Å². The third kappa shape index (κ3) is 5.61. The fraction of sp³-hybridized carbons (Fsp3) is 0.350. The molecule has 1 atom stereocenters. The third-order valence-corrected chi connectivity index (χ3v) is 4.91. The molecule has 0 bridgehead atoms. The minimum atomic E-state index is -1.24. The molecule has 144 valence electrons. The first kappa shape index (κ1) is 21.1. The number of pyridine rings is 1. The van der Waals surface area contributed by atoms with Crippen LogP contribution in [0.3, 0.4) is 0 Å². The zero-order valence-corrected chi connectivity index (χ0v) is 17.1. The van der Waals surface area contributed by atoms with Crippen molar-refractivity contribution >= 4 is 27.6 Å². The first-order chi connectivity index (χ1) is 13.0. The number of hydrogen-bond donors (Lipinski definition) is 1. The normalized spacial score (nSPS) is 12.0. The lowest BCUT2D eigenvalue weighted by Gasteiger charge is -2.21. The highest BCUT2D eigenvalue weighted by Crippen LogP contribution is 2.17. The summed E-state index contributed by atoms with van der Waals surface area (Å²) in [6.07, 6.45) is 1.47. The Bertz CT molecular complexity index is 829. The van der Waals surface area contributed by atoms with Crippen LogP contribution in [0.25, 0.3) is 0 Å². The number of amides is 1. The van der Waals surface area contributed by atoms with Crippen molar-refractivity contribution in [3.8, 4) is 0 Å². The minimum Gasteiger partial charge on any atom is -0.353 e. The van der Waals surface area contributed by atoms with Gasteiger partial charge in [-0.2, -0.15) is 0 Å². The van der Waals surface area contributed by atoms with Crippen molar-refractivity contribution in [2.24, 2.45) is 0 Å². The lowest BCUT2D eigenvalue weighted by Crippen LogP contribution is -2.43. The summed E-state index contributed by atoms with van der Waals surface area (Å²) in [5.74, 6) is -0.903. The molecule has 0 aliphatic carbocycles. The van der Waals surface area contributed by atoms with Gasteiger partial charge in [0, 0.05) is 35.4 Å². The number of benzene rings is 1. The second-order valence-electron chi connectivity index (χ2n) is 6.04. The van der Waals surface area contributed by atoms with Gasteiger partial charge in [0.15, 0.2) is 11.8 Å². The number of halogens is 1. The van der Waals surface area contributed by atoms with Crippen molar-refractivity contribution in [2.45, 2.75) is 19.9 Å². The highest BCUT2D eigenvalue weighted by molar-refractivity contribution is 9.10. The molecule has 2 aromatic rings. The molecule has 2 rings (SSSR count). The maximum atomic E-state index is 13.0. The highest BCUT2D eigenvalue weighted by atomic mass is 79.9. The third-order valence-electron chi connectivity index (χ3n) is 4.38. The number of aromatic nitrogens is 1. The second-order valence-corrected chi connectivity index (χ2v) is 6.95. The summed E-state index contributed by atoms with van der Waals surface area (Å²) in [7, 11) is 0. The van der Waals surface area contributed by atoms with E-state index in [0.717, 1.165) is 17.6 Å². The first-order valence-corrected chi connectivity index (χ1v) is 9.74. The quantitative estimate of drug-likeness (QED) is 0.487. The van der Waals surface area contributed by atoms with Crippen LogP contribution in [0.15, 0.2) is 57.9 Å². The number of rotatable bonds is 9. The van der Waals surface area contributed by atoms with Gasteiger partial charge in [0.1, 0.15) is 0 Å². The molecule has 1 N–H and O–H groups in total. The molecule has 1 amide bonds. The number of hydrogen-bond acceptors (Lipinski definition) is 4. The lowest BCUT2D eigenvalue weighted by atomic mass is 10.0. The number of Topliss-reactive ketones (excluding diaryl/α,β-unsaturated/α-hetero) is 1. The molecule has 0 spiro atoms. The predicted octanol–water partition coefficient (Wildman–Crippen LogP) is 2.49.